The summed E-state index contributed by atoms with van der Waals surface area (Å²) in [6.07, 6.45) is 2.91. The maximum atomic E-state index is 13.0. The number of carbonyl (C=O) groups is 1. The Balaban J connectivity index is 1.55. The summed E-state index contributed by atoms with van der Waals surface area (Å²) in [5, 5.41) is 13.6. The summed E-state index contributed by atoms with van der Waals surface area (Å²) in [6.45, 7) is 2.52. The Bertz CT molecular complexity index is 1100. The van der Waals surface area contributed by atoms with Crippen LogP contribution < -0.4 is 5.69 Å². The number of hydrogen-bond donors (Lipinski definition) is 1. The minimum Gasteiger partial charge on any atom is -0.467 e. The number of amides is 1. The minimum absolute atomic E-state index is 0.0998. The van der Waals surface area contributed by atoms with Crippen molar-refractivity contribution in [3.8, 4) is 0 Å². The lowest BCUT2D eigenvalue weighted by atomic mass is 10.0. The molecule has 30 heavy (non-hydrogen) atoms. The summed E-state index contributed by atoms with van der Waals surface area (Å²) in [5.74, 6) is 0.579. The van der Waals surface area contributed by atoms with Crippen LogP contribution in [0.4, 0.5) is 0 Å². The van der Waals surface area contributed by atoms with Crippen LogP contribution in [0, 0.1) is 0 Å². The molecule has 1 N–H and O–H groups in total. The Kier molecular flexibility index (Phi) is 6.10. The fourth-order valence-electron chi connectivity index (χ4n) is 3.29. The molecule has 1 atom stereocenters. The van der Waals surface area contributed by atoms with Crippen molar-refractivity contribution in [2.24, 2.45) is 5.10 Å². The van der Waals surface area contributed by atoms with Gasteiger partial charge in [-0.15, -0.1) is 5.10 Å². The zero-order valence-electron chi connectivity index (χ0n) is 16.2. The van der Waals surface area contributed by atoms with Crippen molar-refractivity contribution in [1.82, 2.24) is 19.8 Å². The van der Waals surface area contributed by atoms with Gasteiger partial charge in [0.15, 0.2) is 5.16 Å². The maximum Gasteiger partial charge on any atom is 0.343 e. The molecule has 0 radical (unpaired) electrons. The number of furan rings is 1. The summed E-state index contributed by atoms with van der Waals surface area (Å²) in [6, 6.07) is 10.7. The van der Waals surface area contributed by atoms with Crippen LogP contribution in [0.5, 0.6) is 0 Å². The molecule has 0 aliphatic carbocycles. The van der Waals surface area contributed by atoms with E-state index >= 15 is 0 Å². The van der Waals surface area contributed by atoms with Gasteiger partial charge in [0.25, 0.3) is 5.91 Å². The molecule has 1 aliphatic rings. The number of halogens is 1. The first-order valence-electron chi connectivity index (χ1n) is 9.53. The molecule has 0 saturated carbocycles. The predicted octanol–water partition coefficient (Wildman–Crippen LogP) is 3.70. The molecule has 0 fully saturated rings. The van der Waals surface area contributed by atoms with Crippen LogP contribution in [-0.4, -0.2) is 37.1 Å². The molecule has 1 aliphatic heterocycles. The van der Waals surface area contributed by atoms with E-state index in [2.05, 4.69) is 15.3 Å². The first-order valence-corrected chi connectivity index (χ1v) is 10.9. The SMILES string of the molecule is CCCn1c(SCC(=O)N2N=C(c3ccc(Cl)cc3)CC2c2ccco2)n[nH]c1=O. The largest absolute Gasteiger partial charge is 0.467 e. The molecule has 1 unspecified atom stereocenters. The first kappa shape index (κ1) is 20.5. The zero-order valence-corrected chi connectivity index (χ0v) is 17.8. The number of benzene rings is 1. The molecule has 0 saturated heterocycles. The number of nitrogens with zero attached hydrogens (tertiary/aromatic N) is 4. The van der Waals surface area contributed by atoms with Gasteiger partial charge in [-0.25, -0.2) is 14.9 Å². The summed E-state index contributed by atoms with van der Waals surface area (Å²) < 4.78 is 7.10. The predicted molar refractivity (Wildman–Crippen MR) is 115 cm³/mol. The average molecular weight is 446 g/mol. The van der Waals surface area contributed by atoms with E-state index in [1.807, 2.05) is 25.1 Å². The number of thioether (sulfide) groups is 1. The van der Waals surface area contributed by atoms with Crippen LogP contribution >= 0.6 is 23.4 Å². The summed E-state index contributed by atoms with van der Waals surface area (Å²) >= 11 is 7.20. The van der Waals surface area contributed by atoms with Gasteiger partial charge in [0, 0.05) is 18.0 Å². The van der Waals surface area contributed by atoms with Crippen LogP contribution in [0.3, 0.4) is 0 Å². The van der Waals surface area contributed by atoms with Crippen molar-refractivity contribution in [2.45, 2.75) is 37.5 Å². The second-order valence-corrected chi connectivity index (χ2v) is 8.16. The Hall–Kier alpha value is -2.78. The van der Waals surface area contributed by atoms with Crippen molar-refractivity contribution < 1.29 is 9.21 Å². The van der Waals surface area contributed by atoms with E-state index in [0.29, 0.717) is 28.9 Å². The van der Waals surface area contributed by atoms with Gasteiger partial charge in [0.2, 0.25) is 0 Å². The van der Waals surface area contributed by atoms with Crippen LogP contribution in [0.1, 0.15) is 37.1 Å². The summed E-state index contributed by atoms with van der Waals surface area (Å²) in [5.41, 5.74) is 1.42. The highest BCUT2D eigenvalue weighted by Crippen LogP contribution is 2.34. The lowest BCUT2D eigenvalue weighted by molar-refractivity contribution is -0.130. The lowest BCUT2D eigenvalue weighted by Crippen LogP contribution is -2.28. The van der Waals surface area contributed by atoms with E-state index in [0.717, 1.165) is 17.7 Å². The van der Waals surface area contributed by atoms with Crippen LogP contribution in [0.15, 0.2) is 62.1 Å². The van der Waals surface area contributed by atoms with Crippen molar-refractivity contribution in [1.29, 1.82) is 0 Å². The Morgan fingerprint density at radius 3 is 2.83 bits per heavy atom. The lowest BCUT2D eigenvalue weighted by Gasteiger charge is -2.19. The van der Waals surface area contributed by atoms with Crippen molar-refractivity contribution in [3.63, 3.8) is 0 Å². The number of hydrogen-bond acceptors (Lipinski definition) is 6. The molecule has 0 spiro atoms. The smallest absolute Gasteiger partial charge is 0.343 e. The Labute approximate surface area is 181 Å². The van der Waals surface area contributed by atoms with E-state index in [1.165, 1.54) is 21.3 Å². The third-order valence-corrected chi connectivity index (χ3v) is 5.92. The van der Waals surface area contributed by atoms with Gasteiger partial charge in [-0.1, -0.05) is 42.4 Å². The number of rotatable bonds is 7. The van der Waals surface area contributed by atoms with Gasteiger partial charge in [0.05, 0.1) is 17.7 Å². The van der Waals surface area contributed by atoms with Crippen molar-refractivity contribution >= 4 is 35.0 Å². The molecule has 0 bridgehead atoms. The van der Waals surface area contributed by atoms with Gasteiger partial charge >= 0.3 is 5.69 Å². The number of aromatic nitrogens is 3. The van der Waals surface area contributed by atoms with E-state index in [1.54, 1.807) is 24.5 Å². The Morgan fingerprint density at radius 2 is 2.13 bits per heavy atom. The second kappa shape index (κ2) is 8.93. The highest BCUT2D eigenvalue weighted by Gasteiger charge is 2.35. The fourth-order valence-corrected chi connectivity index (χ4v) is 4.24. The third-order valence-electron chi connectivity index (χ3n) is 4.71. The second-order valence-electron chi connectivity index (χ2n) is 6.78. The quantitative estimate of drug-likeness (QED) is 0.559. The van der Waals surface area contributed by atoms with Gasteiger partial charge < -0.3 is 4.42 Å². The van der Waals surface area contributed by atoms with Crippen LogP contribution in [0.25, 0.3) is 0 Å². The molecule has 10 heteroatoms. The number of carbonyl (C=O) groups excluding carboxylic acids is 1. The van der Waals surface area contributed by atoms with Crippen molar-refractivity contribution in [3.05, 3.63) is 69.5 Å². The number of H-pyrrole nitrogens is 1. The monoisotopic (exact) mass is 445 g/mol. The van der Waals surface area contributed by atoms with E-state index in [4.69, 9.17) is 16.0 Å². The highest BCUT2D eigenvalue weighted by atomic mass is 35.5. The van der Waals surface area contributed by atoms with Crippen molar-refractivity contribution in [2.75, 3.05) is 5.75 Å². The third kappa shape index (κ3) is 4.22. The zero-order chi connectivity index (χ0) is 21.1. The maximum absolute atomic E-state index is 13.0. The van der Waals surface area contributed by atoms with E-state index < -0.39 is 0 Å². The molecule has 3 heterocycles. The molecule has 1 amide bonds. The molecule has 2 aromatic heterocycles. The van der Waals surface area contributed by atoms with Gasteiger partial charge in [-0.3, -0.25) is 9.36 Å². The normalized spacial score (nSPS) is 16.1. The molecular formula is C20H20ClN5O3S. The van der Waals surface area contributed by atoms with Gasteiger partial charge in [-0.05, 0) is 36.2 Å². The molecule has 156 valence electrons. The van der Waals surface area contributed by atoms with Crippen LogP contribution in [0.2, 0.25) is 5.02 Å². The van der Waals surface area contributed by atoms with E-state index in [9.17, 15) is 9.59 Å². The first-order chi connectivity index (χ1) is 14.6. The molecule has 8 nitrogen and oxygen atoms in total. The number of nitrogens with one attached hydrogen (secondary N) is 1. The van der Waals surface area contributed by atoms with Gasteiger partial charge in [0.1, 0.15) is 11.8 Å². The fraction of sp³-hybridized carbons (Fsp3) is 0.300. The molecule has 4 rings (SSSR count). The average Bonchev–Trinajstić information content (AvgIpc) is 3.48. The molecule has 1 aromatic carbocycles. The summed E-state index contributed by atoms with van der Waals surface area (Å²) in [4.78, 5) is 24.9. The topological polar surface area (TPSA) is 96.5 Å². The van der Waals surface area contributed by atoms with Crippen LogP contribution in [-0.2, 0) is 11.3 Å². The number of hydrazone groups is 1. The highest BCUT2D eigenvalue weighted by molar-refractivity contribution is 7.99. The summed E-state index contributed by atoms with van der Waals surface area (Å²) in [7, 11) is 0. The number of aromatic amines is 1. The molecule has 3 aromatic rings. The van der Waals surface area contributed by atoms with Gasteiger partial charge in [-0.2, -0.15) is 5.10 Å². The van der Waals surface area contributed by atoms with E-state index in [-0.39, 0.29) is 23.4 Å². The Morgan fingerprint density at radius 1 is 1.33 bits per heavy atom. The molecular weight excluding hydrogens is 426 g/mol. The minimum atomic E-state index is -0.323. The standard InChI is InChI=1S/C20H20ClN5O3S/c1-2-9-25-19(28)22-23-20(25)30-12-18(27)26-16(17-4-3-10-29-17)11-15(24-26)13-5-7-14(21)8-6-13/h3-8,10,16H,2,9,11-12H2,1H3,(H,22,28).